The first-order valence-corrected chi connectivity index (χ1v) is 10.2. The second kappa shape index (κ2) is 8.71. The Morgan fingerprint density at radius 3 is 2.52 bits per heavy atom. The standard InChI is InChI=1S/C17H18ClNO4S2/c1-12-3-5-13(6-4-12)24-10-9-19-25(21,22)14-7-8-16(18)15(11-14)17(20)23-2/h3-8,11,19H,9-10H2,1-2H3. The monoisotopic (exact) mass is 399 g/mol. The van der Waals surface area contributed by atoms with Crippen LogP contribution < -0.4 is 4.72 Å². The van der Waals surface area contributed by atoms with E-state index in [1.165, 1.54) is 30.9 Å². The van der Waals surface area contributed by atoms with Gasteiger partial charge in [0.25, 0.3) is 0 Å². The molecule has 25 heavy (non-hydrogen) atoms. The Hall–Kier alpha value is -1.54. The molecule has 0 radical (unpaired) electrons. The number of ether oxygens (including phenoxy) is 1. The van der Waals surface area contributed by atoms with Crippen LogP contribution in [-0.2, 0) is 14.8 Å². The third-order valence-corrected chi connectivity index (χ3v) is 6.14. The average Bonchev–Trinajstić information content (AvgIpc) is 2.60. The summed E-state index contributed by atoms with van der Waals surface area (Å²) < 4.78 is 31.8. The molecule has 0 unspecified atom stereocenters. The van der Waals surface area contributed by atoms with Gasteiger partial charge in [-0.05, 0) is 37.3 Å². The van der Waals surface area contributed by atoms with Crippen LogP contribution in [0.2, 0.25) is 5.02 Å². The highest BCUT2D eigenvalue weighted by Gasteiger charge is 2.18. The van der Waals surface area contributed by atoms with E-state index in [4.69, 9.17) is 11.6 Å². The quantitative estimate of drug-likeness (QED) is 0.438. The summed E-state index contributed by atoms with van der Waals surface area (Å²) in [5.41, 5.74) is 1.19. The summed E-state index contributed by atoms with van der Waals surface area (Å²) in [4.78, 5) is 12.7. The molecule has 0 bridgehead atoms. The molecule has 0 saturated carbocycles. The minimum absolute atomic E-state index is 0.0149. The lowest BCUT2D eigenvalue weighted by atomic mass is 10.2. The van der Waals surface area contributed by atoms with Crippen LogP contribution in [0.1, 0.15) is 15.9 Å². The van der Waals surface area contributed by atoms with Crippen LogP contribution in [0, 0.1) is 6.92 Å². The molecule has 2 rings (SSSR count). The van der Waals surface area contributed by atoms with Gasteiger partial charge in [0.05, 0.1) is 22.6 Å². The Morgan fingerprint density at radius 1 is 1.20 bits per heavy atom. The maximum atomic E-state index is 12.3. The maximum absolute atomic E-state index is 12.3. The summed E-state index contributed by atoms with van der Waals surface area (Å²) in [6.45, 7) is 2.27. The van der Waals surface area contributed by atoms with Crippen LogP contribution >= 0.6 is 23.4 Å². The van der Waals surface area contributed by atoms with Crippen LogP contribution in [-0.4, -0.2) is 33.8 Å². The first kappa shape index (κ1) is 19.8. The molecule has 0 aliphatic heterocycles. The summed E-state index contributed by atoms with van der Waals surface area (Å²) in [5, 5.41) is 0.140. The SMILES string of the molecule is COC(=O)c1cc(S(=O)(=O)NCCSc2ccc(C)cc2)ccc1Cl. The molecular weight excluding hydrogens is 382 g/mol. The van der Waals surface area contributed by atoms with Gasteiger partial charge >= 0.3 is 5.97 Å². The van der Waals surface area contributed by atoms with Gasteiger partial charge in [-0.25, -0.2) is 17.9 Å². The highest BCUT2D eigenvalue weighted by atomic mass is 35.5. The molecule has 0 aliphatic carbocycles. The van der Waals surface area contributed by atoms with Gasteiger partial charge in [-0.3, -0.25) is 0 Å². The maximum Gasteiger partial charge on any atom is 0.339 e. The molecule has 8 heteroatoms. The normalized spacial score (nSPS) is 11.3. The minimum atomic E-state index is -3.73. The number of thioether (sulfide) groups is 1. The lowest BCUT2D eigenvalue weighted by molar-refractivity contribution is 0.0600. The molecule has 134 valence electrons. The molecule has 0 fully saturated rings. The number of carbonyl (C=O) groups is 1. The van der Waals surface area contributed by atoms with Crippen molar-refractivity contribution in [2.75, 3.05) is 19.4 Å². The highest BCUT2D eigenvalue weighted by molar-refractivity contribution is 7.99. The zero-order valence-electron chi connectivity index (χ0n) is 13.8. The number of sulfonamides is 1. The second-order valence-corrected chi connectivity index (χ2v) is 8.54. The predicted octanol–water partition coefficient (Wildman–Crippen LogP) is 3.51. The number of benzene rings is 2. The van der Waals surface area contributed by atoms with Gasteiger partial charge in [0.1, 0.15) is 0 Å². The molecule has 0 saturated heterocycles. The van der Waals surface area contributed by atoms with E-state index < -0.39 is 16.0 Å². The Kier molecular flexibility index (Phi) is 6.89. The van der Waals surface area contributed by atoms with Crippen molar-refractivity contribution in [3.63, 3.8) is 0 Å². The summed E-state index contributed by atoms with van der Waals surface area (Å²) >= 11 is 7.46. The van der Waals surface area contributed by atoms with E-state index in [0.29, 0.717) is 5.75 Å². The summed E-state index contributed by atoms with van der Waals surface area (Å²) in [6, 6.07) is 11.9. The first-order chi connectivity index (χ1) is 11.8. The van der Waals surface area contributed by atoms with Gasteiger partial charge < -0.3 is 4.74 Å². The van der Waals surface area contributed by atoms with Gasteiger partial charge in [0, 0.05) is 17.2 Å². The lowest BCUT2D eigenvalue weighted by Gasteiger charge is -2.09. The van der Waals surface area contributed by atoms with Crippen LogP contribution in [0.15, 0.2) is 52.3 Å². The van der Waals surface area contributed by atoms with Crippen LogP contribution in [0.4, 0.5) is 0 Å². The van der Waals surface area contributed by atoms with E-state index in [0.717, 1.165) is 4.90 Å². The third kappa shape index (κ3) is 5.47. The second-order valence-electron chi connectivity index (χ2n) is 5.19. The van der Waals surface area contributed by atoms with Crippen molar-refractivity contribution in [1.29, 1.82) is 0 Å². The number of rotatable bonds is 7. The Labute approximate surface area is 156 Å². The highest BCUT2D eigenvalue weighted by Crippen LogP contribution is 2.22. The average molecular weight is 400 g/mol. The van der Waals surface area contributed by atoms with E-state index in [1.807, 2.05) is 31.2 Å². The molecule has 2 aromatic rings. The number of hydrogen-bond donors (Lipinski definition) is 1. The van der Waals surface area contributed by atoms with Crippen molar-refractivity contribution in [3.05, 3.63) is 58.6 Å². The Balaban J connectivity index is 1.99. The fourth-order valence-corrected chi connectivity index (χ4v) is 4.15. The van der Waals surface area contributed by atoms with Crippen LogP contribution in [0.5, 0.6) is 0 Å². The zero-order valence-corrected chi connectivity index (χ0v) is 16.2. The number of halogens is 1. The van der Waals surface area contributed by atoms with E-state index in [1.54, 1.807) is 11.8 Å². The van der Waals surface area contributed by atoms with Gasteiger partial charge in [0.15, 0.2) is 0 Å². The van der Waals surface area contributed by atoms with Crippen molar-refractivity contribution in [2.24, 2.45) is 0 Å². The van der Waals surface area contributed by atoms with Gasteiger partial charge in [0.2, 0.25) is 10.0 Å². The minimum Gasteiger partial charge on any atom is -0.465 e. The van der Waals surface area contributed by atoms with Gasteiger partial charge in [-0.2, -0.15) is 0 Å². The molecule has 0 aliphatic rings. The fraction of sp³-hybridized carbons (Fsp3) is 0.235. The molecule has 2 aromatic carbocycles. The van der Waals surface area contributed by atoms with Crippen molar-refractivity contribution in [3.8, 4) is 0 Å². The number of esters is 1. The van der Waals surface area contributed by atoms with E-state index >= 15 is 0 Å². The van der Waals surface area contributed by atoms with Crippen LogP contribution in [0.25, 0.3) is 0 Å². The Bertz CT molecular complexity index is 851. The molecule has 0 aromatic heterocycles. The number of methoxy groups -OCH3 is 1. The molecule has 1 N–H and O–H groups in total. The molecule has 0 heterocycles. The van der Waals surface area contributed by atoms with E-state index in [9.17, 15) is 13.2 Å². The van der Waals surface area contributed by atoms with Crippen molar-refractivity contribution in [2.45, 2.75) is 16.7 Å². The summed E-state index contributed by atoms with van der Waals surface area (Å²) in [5.74, 6) is -0.100. The number of carbonyl (C=O) groups excluding carboxylic acids is 1. The summed E-state index contributed by atoms with van der Waals surface area (Å²) in [7, 11) is -2.52. The summed E-state index contributed by atoms with van der Waals surface area (Å²) in [6.07, 6.45) is 0. The van der Waals surface area contributed by atoms with E-state index in [-0.39, 0.29) is 22.0 Å². The number of aryl methyl sites for hydroxylation is 1. The predicted molar refractivity (Wildman–Crippen MR) is 99.9 cm³/mol. The molecule has 5 nitrogen and oxygen atoms in total. The van der Waals surface area contributed by atoms with Crippen molar-refractivity contribution < 1.29 is 17.9 Å². The first-order valence-electron chi connectivity index (χ1n) is 7.40. The fourth-order valence-electron chi connectivity index (χ4n) is 2.00. The van der Waals surface area contributed by atoms with E-state index in [2.05, 4.69) is 9.46 Å². The molecule has 0 spiro atoms. The topological polar surface area (TPSA) is 72.5 Å². The van der Waals surface area contributed by atoms with Crippen molar-refractivity contribution >= 4 is 39.4 Å². The molecule has 0 atom stereocenters. The van der Waals surface area contributed by atoms with Gasteiger partial charge in [-0.1, -0.05) is 29.3 Å². The zero-order chi connectivity index (χ0) is 18.4. The molecular formula is C17H18ClNO4S2. The van der Waals surface area contributed by atoms with Gasteiger partial charge in [-0.15, -0.1) is 11.8 Å². The van der Waals surface area contributed by atoms with Crippen molar-refractivity contribution in [1.82, 2.24) is 4.72 Å². The smallest absolute Gasteiger partial charge is 0.339 e. The third-order valence-electron chi connectivity index (χ3n) is 3.34. The molecule has 0 amide bonds. The Morgan fingerprint density at radius 2 is 1.88 bits per heavy atom. The number of nitrogens with one attached hydrogen (secondary N) is 1. The van der Waals surface area contributed by atoms with Crippen LogP contribution in [0.3, 0.4) is 0 Å². The largest absolute Gasteiger partial charge is 0.465 e. The lowest BCUT2D eigenvalue weighted by Crippen LogP contribution is -2.26. The number of hydrogen-bond acceptors (Lipinski definition) is 5.